The van der Waals surface area contributed by atoms with E-state index in [2.05, 4.69) is 20.4 Å². The maximum absolute atomic E-state index is 13.3. The van der Waals surface area contributed by atoms with E-state index in [0.29, 0.717) is 62.9 Å². The number of carbonyl (C=O) groups excluding carboxylic acids is 1. The van der Waals surface area contributed by atoms with Crippen LogP contribution in [0.1, 0.15) is 29.7 Å². The van der Waals surface area contributed by atoms with Gasteiger partial charge in [-0.3, -0.25) is 15.0 Å². The summed E-state index contributed by atoms with van der Waals surface area (Å²) in [6.45, 7) is 4.29. The van der Waals surface area contributed by atoms with Crippen LogP contribution in [0.15, 0.2) is 40.5 Å². The number of hydrogen-bond acceptors (Lipinski definition) is 11. The Hall–Kier alpha value is -2.42. The number of sulfone groups is 1. The minimum Gasteiger partial charge on any atom is -0.389 e. The van der Waals surface area contributed by atoms with Crippen LogP contribution in [0.5, 0.6) is 0 Å². The van der Waals surface area contributed by atoms with Crippen molar-refractivity contribution >= 4 is 37.9 Å². The van der Waals surface area contributed by atoms with Crippen molar-refractivity contribution in [3.05, 3.63) is 40.9 Å². The summed E-state index contributed by atoms with van der Waals surface area (Å²) in [6, 6.07) is 6.19. The molecule has 11 nitrogen and oxygen atoms in total. The molecule has 1 aromatic carbocycles. The van der Waals surface area contributed by atoms with Gasteiger partial charge in [0, 0.05) is 56.9 Å². The second-order valence-corrected chi connectivity index (χ2v) is 12.5. The maximum Gasteiger partial charge on any atom is 0.280 e. The van der Waals surface area contributed by atoms with Gasteiger partial charge in [-0.2, -0.15) is 0 Å². The quantitative estimate of drug-likeness (QED) is 0.255. The lowest BCUT2D eigenvalue weighted by Crippen LogP contribution is -2.30. The standard InChI is InChI=1S/C25H34N4O7S2/c1-33-13-10-29(11-14-34-2)16-20-15-26-25(37-20)27-24(30)23(28-36-19-9-12-35-17-19)18-3-5-21(6-4-18)38(31,32)22-7-8-22/h3-6,15,19,22H,7-14,16-17H2,1-2H3,(H,26,27,30)/t19-/m1/s1. The predicted molar refractivity (Wildman–Crippen MR) is 143 cm³/mol. The van der Waals surface area contributed by atoms with E-state index in [9.17, 15) is 13.2 Å². The number of nitrogens with one attached hydrogen (secondary N) is 1. The van der Waals surface area contributed by atoms with E-state index in [1.54, 1.807) is 32.5 Å². The van der Waals surface area contributed by atoms with E-state index in [-0.39, 0.29) is 22.0 Å². The molecule has 1 aliphatic carbocycles. The van der Waals surface area contributed by atoms with Crippen molar-refractivity contribution in [3.8, 4) is 0 Å². The molecule has 1 aliphatic heterocycles. The third-order valence-corrected chi connectivity index (χ3v) is 9.37. The van der Waals surface area contributed by atoms with Gasteiger partial charge in [0.15, 0.2) is 26.8 Å². The Morgan fingerprint density at radius 3 is 2.47 bits per heavy atom. The average Bonchev–Trinajstić information content (AvgIpc) is 3.50. The van der Waals surface area contributed by atoms with Gasteiger partial charge in [0.2, 0.25) is 0 Å². The molecule has 38 heavy (non-hydrogen) atoms. The Balaban J connectivity index is 1.47. The number of anilines is 1. The number of aromatic nitrogens is 1. The van der Waals surface area contributed by atoms with Gasteiger partial charge in [-0.1, -0.05) is 17.3 Å². The lowest BCUT2D eigenvalue weighted by molar-refractivity contribution is -0.110. The third-order valence-electron chi connectivity index (χ3n) is 6.19. The van der Waals surface area contributed by atoms with Gasteiger partial charge < -0.3 is 19.0 Å². The number of oxime groups is 1. The van der Waals surface area contributed by atoms with Gasteiger partial charge >= 0.3 is 0 Å². The molecule has 1 N–H and O–H groups in total. The smallest absolute Gasteiger partial charge is 0.280 e. The van der Waals surface area contributed by atoms with Crippen molar-refractivity contribution in [2.75, 3.05) is 59.1 Å². The minimum atomic E-state index is -3.34. The van der Waals surface area contributed by atoms with Gasteiger partial charge in [-0.25, -0.2) is 13.4 Å². The van der Waals surface area contributed by atoms with E-state index < -0.39 is 15.7 Å². The summed E-state index contributed by atoms with van der Waals surface area (Å²) < 4.78 is 40.9. The first-order valence-electron chi connectivity index (χ1n) is 12.5. The van der Waals surface area contributed by atoms with Crippen LogP contribution in [0.25, 0.3) is 0 Å². The van der Waals surface area contributed by atoms with Crippen molar-refractivity contribution in [3.63, 3.8) is 0 Å². The summed E-state index contributed by atoms with van der Waals surface area (Å²) in [5.74, 6) is -0.502. The first kappa shape index (κ1) is 28.6. The number of hydrogen-bond donors (Lipinski definition) is 1. The van der Waals surface area contributed by atoms with Crippen LogP contribution in [-0.4, -0.2) is 95.0 Å². The van der Waals surface area contributed by atoms with E-state index in [1.807, 2.05) is 0 Å². The van der Waals surface area contributed by atoms with E-state index in [4.69, 9.17) is 19.0 Å². The number of carbonyl (C=O) groups is 1. The zero-order valence-electron chi connectivity index (χ0n) is 21.6. The van der Waals surface area contributed by atoms with Crippen LogP contribution in [0, 0.1) is 0 Å². The Bertz CT molecular complexity index is 1180. The van der Waals surface area contributed by atoms with Crippen molar-refractivity contribution < 1.29 is 32.3 Å². The molecule has 2 heterocycles. The number of ether oxygens (including phenoxy) is 3. The molecule has 0 radical (unpaired) electrons. The lowest BCUT2D eigenvalue weighted by atomic mass is 10.1. The Morgan fingerprint density at radius 1 is 1.16 bits per heavy atom. The molecule has 2 aromatic rings. The fourth-order valence-electron chi connectivity index (χ4n) is 3.85. The summed E-state index contributed by atoms with van der Waals surface area (Å²) in [6.07, 6.45) is 3.53. The average molecular weight is 567 g/mol. The van der Waals surface area contributed by atoms with Gasteiger partial charge in [0.25, 0.3) is 5.91 Å². The summed E-state index contributed by atoms with van der Waals surface area (Å²) in [5.41, 5.74) is 0.476. The lowest BCUT2D eigenvalue weighted by Gasteiger charge is -2.20. The summed E-state index contributed by atoms with van der Waals surface area (Å²) >= 11 is 1.37. The highest BCUT2D eigenvalue weighted by Crippen LogP contribution is 2.33. The van der Waals surface area contributed by atoms with Crippen LogP contribution >= 0.6 is 11.3 Å². The molecule has 1 atom stereocenters. The number of methoxy groups -OCH3 is 2. The number of thiazole rings is 1. The highest BCUT2D eigenvalue weighted by Gasteiger charge is 2.36. The zero-order chi connectivity index (χ0) is 27.0. The topological polar surface area (TPSA) is 129 Å². The van der Waals surface area contributed by atoms with E-state index in [0.717, 1.165) is 18.0 Å². The van der Waals surface area contributed by atoms with Crippen molar-refractivity contribution in [2.24, 2.45) is 5.16 Å². The first-order chi connectivity index (χ1) is 18.4. The third kappa shape index (κ3) is 7.80. The molecule has 1 aromatic heterocycles. The number of nitrogens with zero attached hydrogens (tertiary/aromatic N) is 3. The monoisotopic (exact) mass is 566 g/mol. The van der Waals surface area contributed by atoms with Crippen LogP contribution in [0.2, 0.25) is 0 Å². The minimum absolute atomic E-state index is 0.0332. The Morgan fingerprint density at radius 2 is 1.87 bits per heavy atom. The molecule has 0 unspecified atom stereocenters. The molecule has 1 saturated heterocycles. The number of benzene rings is 1. The van der Waals surface area contributed by atoms with Crippen LogP contribution in [0.4, 0.5) is 5.13 Å². The number of rotatable bonds is 15. The van der Waals surface area contributed by atoms with Gasteiger partial charge in [0.1, 0.15) is 0 Å². The molecule has 0 bridgehead atoms. The second kappa shape index (κ2) is 13.6. The summed E-state index contributed by atoms with van der Waals surface area (Å²) in [4.78, 5) is 26.6. The van der Waals surface area contributed by atoms with Crippen molar-refractivity contribution in [1.82, 2.24) is 9.88 Å². The molecule has 1 saturated carbocycles. The Kier molecular flexibility index (Phi) is 10.2. The zero-order valence-corrected chi connectivity index (χ0v) is 23.3. The van der Waals surface area contributed by atoms with Gasteiger partial charge in [0.05, 0.1) is 36.6 Å². The van der Waals surface area contributed by atoms with Crippen molar-refractivity contribution in [2.45, 2.75) is 42.1 Å². The van der Waals surface area contributed by atoms with Crippen LogP contribution in [-0.2, 0) is 40.2 Å². The molecule has 0 spiro atoms. The maximum atomic E-state index is 13.3. The molecular formula is C25H34N4O7S2. The van der Waals surface area contributed by atoms with E-state index >= 15 is 0 Å². The van der Waals surface area contributed by atoms with Crippen molar-refractivity contribution in [1.29, 1.82) is 0 Å². The van der Waals surface area contributed by atoms with E-state index in [1.165, 1.54) is 23.5 Å². The van der Waals surface area contributed by atoms with Crippen LogP contribution in [0.3, 0.4) is 0 Å². The molecule has 1 amide bonds. The summed E-state index contributed by atoms with van der Waals surface area (Å²) in [5, 5.41) is 7.07. The fraction of sp³-hybridized carbons (Fsp3) is 0.560. The summed E-state index contributed by atoms with van der Waals surface area (Å²) in [7, 11) is -0.0105. The SMILES string of the molecule is COCCN(CCOC)Cc1cnc(NC(=O)C(=NO[C@@H]2CCOC2)c2ccc(S(=O)(=O)C3CC3)cc2)s1. The molecule has 2 aliphatic rings. The normalized spacial score (nSPS) is 18.2. The second-order valence-electron chi connectivity index (χ2n) is 9.15. The van der Waals surface area contributed by atoms with Crippen LogP contribution < -0.4 is 5.32 Å². The largest absolute Gasteiger partial charge is 0.389 e. The molecule has 208 valence electrons. The van der Waals surface area contributed by atoms with Gasteiger partial charge in [-0.15, -0.1) is 11.3 Å². The fourth-order valence-corrected chi connectivity index (χ4v) is 6.35. The highest BCUT2D eigenvalue weighted by molar-refractivity contribution is 7.92. The highest BCUT2D eigenvalue weighted by atomic mass is 32.2. The molecular weight excluding hydrogens is 532 g/mol. The molecule has 13 heteroatoms. The molecule has 4 rings (SSSR count). The molecule has 2 fully saturated rings. The van der Waals surface area contributed by atoms with Gasteiger partial charge in [-0.05, 0) is 25.0 Å². The first-order valence-corrected chi connectivity index (χ1v) is 14.9. The Labute approximate surface area is 227 Å². The number of amides is 1. The predicted octanol–water partition coefficient (Wildman–Crippen LogP) is 2.32.